The van der Waals surface area contributed by atoms with Crippen LogP contribution in [0.15, 0.2) is 0 Å². The number of halogens is 3. The lowest BCUT2D eigenvalue weighted by Crippen LogP contribution is -2.58. The highest BCUT2D eigenvalue weighted by atomic mass is 32.2. The minimum Gasteiger partial charge on any atom is -0.349 e. The van der Waals surface area contributed by atoms with Crippen LogP contribution in [-0.2, 0) is 27.3 Å². The van der Waals surface area contributed by atoms with E-state index in [9.17, 15) is 21.6 Å². The Bertz CT molecular complexity index is 403. The molecule has 7 nitrogen and oxygen atoms in total. The van der Waals surface area contributed by atoms with E-state index in [-0.39, 0.29) is 19.8 Å². The van der Waals surface area contributed by atoms with E-state index in [0.717, 1.165) is 0 Å². The fourth-order valence-electron chi connectivity index (χ4n) is 1.61. The normalized spacial score (nSPS) is 33.5. The molecule has 0 aliphatic carbocycles. The van der Waals surface area contributed by atoms with E-state index in [1.165, 1.54) is 0 Å². The van der Waals surface area contributed by atoms with Crippen LogP contribution in [0, 0.1) is 0 Å². The molecular weight excluding hydrogens is 311 g/mol. The van der Waals surface area contributed by atoms with Gasteiger partial charge in [0.1, 0.15) is 0 Å². The van der Waals surface area contributed by atoms with Crippen LogP contribution in [0.5, 0.6) is 0 Å². The van der Waals surface area contributed by atoms with E-state index in [2.05, 4.69) is 3.87 Å². The first-order valence-electron chi connectivity index (χ1n) is 5.40. The summed E-state index contributed by atoms with van der Waals surface area (Å²) in [5, 5.41) is 0. The molecule has 0 amide bonds. The molecule has 2 bridgehead atoms. The zero-order chi connectivity index (χ0) is 14.1. The van der Waals surface area contributed by atoms with Crippen molar-refractivity contribution in [2.75, 3.05) is 39.5 Å². The zero-order valence-corrected chi connectivity index (χ0v) is 11.5. The van der Waals surface area contributed by atoms with Gasteiger partial charge in [0.2, 0.25) is 0 Å². The van der Waals surface area contributed by atoms with Gasteiger partial charge in [0.15, 0.2) is 0 Å². The Kier molecular flexibility index (Phi) is 4.20. The third-order valence-electron chi connectivity index (χ3n) is 2.55. The molecular formula is C7H12F3NO6SSi. The molecule has 3 heterocycles. The first kappa shape index (κ1) is 15.2. The largest absolute Gasteiger partial charge is 0.695 e. The summed E-state index contributed by atoms with van der Waals surface area (Å²) in [6.45, 7) is 1.32. The third kappa shape index (κ3) is 3.45. The number of rotatable bonds is 2. The second-order valence-corrected chi connectivity index (χ2v) is 7.77. The van der Waals surface area contributed by atoms with Crippen LogP contribution >= 0.6 is 0 Å². The zero-order valence-electron chi connectivity index (χ0n) is 9.68. The molecule has 0 unspecified atom stereocenters. The van der Waals surface area contributed by atoms with Crippen molar-refractivity contribution in [1.29, 1.82) is 0 Å². The van der Waals surface area contributed by atoms with Gasteiger partial charge >= 0.3 is 24.7 Å². The van der Waals surface area contributed by atoms with Gasteiger partial charge in [-0.25, -0.2) is 3.87 Å². The maximum atomic E-state index is 12.3. The van der Waals surface area contributed by atoms with E-state index in [1.54, 1.807) is 0 Å². The van der Waals surface area contributed by atoms with Gasteiger partial charge in [0.05, 0.1) is 19.8 Å². The average molecular weight is 323 g/mol. The fraction of sp³-hybridized carbons (Fsp3) is 1.00. The predicted molar refractivity (Wildman–Crippen MR) is 56.1 cm³/mol. The van der Waals surface area contributed by atoms with Gasteiger partial charge in [0, 0.05) is 19.6 Å². The molecule has 0 saturated carbocycles. The maximum absolute atomic E-state index is 12.3. The molecule has 0 N–H and O–H groups in total. The summed E-state index contributed by atoms with van der Waals surface area (Å²) in [5.41, 5.74) is -5.54. The van der Waals surface area contributed by atoms with Crippen molar-refractivity contribution in [2.45, 2.75) is 5.51 Å². The summed E-state index contributed by atoms with van der Waals surface area (Å²) in [7, 11) is -10.1. The molecule has 0 aromatic carbocycles. The van der Waals surface area contributed by atoms with Crippen LogP contribution in [0.4, 0.5) is 13.2 Å². The molecule has 3 fully saturated rings. The van der Waals surface area contributed by atoms with E-state index in [0.29, 0.717) is 19.6 Å². The van der Waals surface area contributed by atoms with Crippen molar-refractivity contribution in [2.24, 2.45) is 0 Å². The van der Waals surface area contributed by atoms with Crippen molar-refractivity contribution < 1.29 is 38.7 Å². The molecule has 112 valence electrons. The Hall–Kier alpha value is -0.243. The summed E-state index contributed by atoms with van der Waals surface area (Å²) in [6, 6.07) is 0. The molecule has 0 radical (unpaired) electrons. The van der Waals surface area contributed by atoms with Gasteiger partial charge < -0.3 is 13.3 Å². The van der Waals surface area contributed by atoms with E-state index in [1.807, 2.05) is 4.90 Å². The summed E-state index contributed by atoms with van der Waals surface area (Å²) in [4.78, 5) is 1.93. The topological polar surface area (TPSA) is 74.3 Å². The van der Waals surface area contributed by atoms with Crippen LogP contribution in [0.25, 0.3) is 0 Å². The van der Waals surface area contributed by atoms with Crippen molar-refractivity contribution >= 4 is 19.2 Å². The first-order chi connectivity index (χ1) is 8.74. The lowest BCUT2D eigenvalue weighted by molar-refractivity contribution is -0.0724. The smallest absolute Gasteiger partial charge is 0.349 e. The van der Waals surface area contributed by atoms with Crippen LogP contribution in [-0.4, -0.2) is 67.3 Å². The Morgan fingerprint density at radius 2 is 1.42 bits per heavy atom. The molecule has 0 atom stereocenters. The summed E-state index contributed by atoms with van der Waals surface area (Å²) in [5.74, 6) is 0. The number of hydrogen-bond acceptors (Lipinski definition) is 7. The van der Waals surface area contributed by atoms with E-state index >= 15 is 0 Å². The lowest BCUT2D eigenvalue weighted by Gasteiger charge is -2.36. The maximum Gasteiger partial charge on any atom is 0.695 e. The Balaban J connectivity index is 2.19. The van der Waals surface area contributed by atoms with Gasteiger partial charge in [-0.15, -0.1) is 0 Å². The van der Waals surface area contributed by atoms with Crippen molar-refractivity contribution in [1.82, 2.24) is 4.90 Å². The molecule has 3 aliphatic heterocycles. The Labute approximate surface area is 108 Å². The number of alkyl halides is 3. The van der Waals surface area contributed by atoms with E-state index < -0.39 is 24.7 Å². The molecule has 12 heteroatoms. The summed E-state index contributed by atoms with van der Waals surface area (Å²) < 4.78 is 78.3. The molecule has 0 aromatic heterocycles. The number of fused-ring (bicyclic) bond motifs is 6. The summed E-state index contributed by atoms with van der Waals surface area (Å²) >= 11 is 0. The first-order valence-corrected chi connectivity index (χ1v) is 8.44. The predicted octanol–water partition coefficient (Wildman–Crippen LogP) is -0.333. The Morgan fingerprint density at radius 1 is 1.00 bits per heavy atom. The number of hydrogen-bond donors (Lipinski definition) is 0. The fourth-order valence-corrected chi connectivity index (χ4v) is 4.92. The number of nitrogens with zero attached hydrogens (tertiary/aromatic N) is 1. The minimum atomic E-state index is -5.82. The quantitative estimate of drug-likeness (QED) is 0.509. The van der Waals surface area contributed by atoms with Crippen LogP contribution in [0.1, 0.15) is 0 Å². The highest BCUT2D eigenvalue weighted by Crippen LogP contribution is 2.29. The highest BCUT2D eigenvalue weighted by Gasteiger charge is 2.59. The molecule has 3 aliphatic rings. The third-order valence-corrected chi connectivity index (χ3v) is 6.49. The molecule has 19 heavy (non-hydrogen) atoms. The molecule has 3 saturated heterocycles. The van der Waals surface area contributed by atoms with Gasteiger partial charge in [-0.05, 0) is 0 Å². The van der Waals surface area contributed by atoms with Crippen molar-refractivity contribution in [3.05, 3.63) is 0 Å². The van der Waals surface area contributed by atoms with Gasteiger partial charge in [0.25, 0.3) is 0 Å². The highest BCUT2D eigenvalue weighted by molar-refractivity contribution is 7.88. The molecule has 0 spiro atoms. The average Bonchev–Trinajstić information content (AvgIpc) is 2.17. The molecule has 3 rings (SSSR count). The molecule has 0 aromatic rings. The summed E-state index contributed by atoms with van der Waals surface area (Å²) in [6.07, 6.45) is 0. The van der Waals surface area contributed by atoms with Crippen LogP contribution in [0.2, 0.25) is 0 Å². The van der Waals surface area contributed by atoms with Gasteiger partial charge in [-0.3, -0.25) is 4.90 Å². The van der Waals surface area contributed by atoms with Gasteiger partial charge in [-0.2, -0.15) is 21.6 Å². The Morgan fingerprint density at radius 3 is 1.79 bits per heavy atom. The minimum absolute atomic E-state index is 0.0143. The SMILES string of the molecule is O=S(=O)(O[Si]12OCCN(CCO1)CCO2)C(F)(F)F. The monoisotopic (exact) mass is 323 g/mol. The van der Waals surface area contributed by atoms with Crippen molar-refractivity contribution in [3.8, 4) is 0 Å². The van der Waals surface area contributed by atoms with E-state index in [4.69, 9.17) is 13.3 Å². The second kappa shape index (κ2) is 5.27. The van der Waals surface area contributed by atoms with Crippen molar-refractivity contribution in [3.63, 3.8) is 0 Å². The lowest BCUT2D eigenvalue weighted by atomic mass is 10.4. The van der Waals surface area contributed by atoms with Gasteiger partial charge in [-0.1, -0.05) is 0 Å². The van der Waals surface area contributed by atoms with Crippen LogP contribution < -0.4 is 0 Å². The van der Waals surface area contributed by atoms with Crippen LogP contribution in [0.3, 0.4) is 0 Å². The second-order valence-electron chi connectivity index (χ2n) is 3.87. The standard InChI is InChI=1S/C7H12F3NO6SSi/c8-7(9,10)18(12,13)17-19-14-4-1-11(2-5-15-19)3-6-16-19/h1-6H2.